The Hall–Kier alpha value is -3.32. The number of H-pyrrole nitrogens is 1. The third-order valence-electron chi connectivity index (χ3n) is 10.7. The SMILES string of the molecule is Cc1[nH]c2ccccc2c1C1C(CC(=O)N(C2CC2)C2(C(=O)Nc3ccc(N4CCOCC4)cc3)CCCC2)C1(C)C. The van der Waals surface area contributed by atoms with Gasteiger partial charge in [-0.25, -0.2) is 0 Å². The molecule has 7 nitrogen and oxygen atoms in total. The summed E-state index contributed by atoms with van der Waals surface area (Å²) in [7, 11) is 0. The van der Waals surface area contributed by atoms with Crippen molar-refractivity contribution in [2.75, 3.05) is 36.5 Å². The zero-order chi connectivity index (χ0) is 29.1. The molecule has 2 atom stereocenters. The number of para-hydroxylation sites is 1. The van der Waals surface area contributed by atoms with Crippen LogP contribution < -0.4 is 10.2 Å². The fourth-order valence-corrected chi connectivity index (χ4v) is 8.17. The molecule has 4 aliphatic rings. The third kappa shape index (κ3) is 4.70. The second-order valence-corrected chi connectivity index (χ2v) is 13.7. The number of aryl methyl sites for hydroxylation is 1. The molecule has 2 heterocycles. The van der Waals surface area contributed by atoms with Gasteiger partial charge in [-0.1, -0.05) is 44.9 Å². The molecule has 0 spiro atoms. The molecule has 0 bridgehead atoms. The minimum atomic E-state index is -0.758. The maximum absolute atomic E-state index is 14.3. The molecular weight excluding hydrogens is 524 g/mol. The van der Waals surface area contributed by atoms with E-state index in [2.05, 4.69) is 77.3 Å². The molecule has 42 heavy (non-hydrogen) atoms. The van der Waals surface area contributed by atoms with Gasteiger partial charge in [-0.15, -0.1) is 0 Å². The number of carbonyl (C=O) groups is 2. The molecule has 3 aliphatic carbocycles. The first-order valence-electron chi connectivity index (χ1n) is 15.9. The van der Waals surface area contributed by atoms with Crippen LogP contribution >= 0.6 is 0 Å². The van der Waals surface area contributed by atoms with E-state index in [-0.39, 0.29) is 29.2 Å². The summed E-state index contributed by atoms with van der Waals surface area (Å²) in [5, 5.41) is 4.51. The fourth-order valence-electron chi connectivity index (χ4n) is 8.17. The second-order valence-electron chi connectivity index (χ2n) is 13.7. The molecule has 2 amide bonds. The number of nitrogens with one attached hydrogen (secondary N) is 2. The van der Waals surface area contributed by atoms with Crippen molar-refractivity contribution in [3.63, 3.8) is 0 Å². The maximum atomic E-state index is 14.3. The van der Waals surface area contributed by atoms with Crippen molar-refractivity contribution in [3.8, 4) is 0 Å². The van der Waals surface area contributed by atoms with Gasteiger partial charge in [-0.05, 0) is 85.8 Å². The molecule has 4 fully saturated rings. The van der Waals surface area contributed by atoms with Gasteiger partial charge in [0.05, 0.1) is 13.2 Å². The van der Waals surface area contributed by atoms with Crippen LogP contribution in [0.3, 0.4) is 0 Å². The fraction of sp³-hybridized carbons (Fsp3) is 0.543. The number of aromatic nitrogens is 1. The molecular formula is C35H44N4O3. The molecule has 7 rings (SSSR count). The predicted molar refractivity (Wildman–Crippen MR) is 167 cm³/mol. The lowest BCUT2D eigenvalue weighted by Gasteiger charge is -2.40. The van der Waals surface area contributed by atoms with Crippen LogP contribution in [-0.2, 0) is 14.3 Å². The van der Waals surface area contributed by atoms with Gasteiger partial charge in [-0.3, -0.25) is 9.59 Å². The molecule has 0 radical (unpaired) electrons. The highest BCUT2D eigenvalue weighted by Crippen LogP contribution is 2.67. The Balaban J connectivity index is 1.10. The van der Waals surface area contributed by atoms with Crippen LogP contribution in [0.25, 0.3) is 10.9 Å². The van der Waals surface area contributed by atoms with E-state index in [1.807, 2.05) is 12.1 Å². The summed E-state index contributed by atoms with van der Waals surface area (Å²) in [5.74, 6) is 0.740. The molecule has 3 aromatic rings. The molecule has 2 unspecified atom stereocenters. The van der Waals surface area contributed by atoms with Gasteiger partial charge in [0.15, 0.2) is 0 Å². The van der Waals surface area contributed by atoms with Crippen LogP contribution in [0.4, 0.5) is 11.4 Å². The van der Waals surface area contributed by atoms with Crippen LogP contribution in [0, 0.1) is 18.3 Å². The quantitative estimate of drug-likeness (QED) is 0.330. The van der Waals surface area contributed by atoms with E-state index in [9.17, 15) is 9.59 Å². The lowest BCUT2D eigenvalue weighted by atomic mass is 9.91. The van der Waals surface area contributed by atoms with E-state index in [0.717, 1.165) is 81.7 Å². The highest BCUT2D eigenvalue weighted by molar-refractivity contribution is 6.01. The number of amides is 2. The summed E-state index contributed by atoms with van der Waals surface area (Å²) in [6.07, 6.45) is 5.93. The molecule has 1 aromatic heterocycles. The van der Waals surface area contributed by atoms with Gasteiger partial charge in [0.1, 0.15) is 5.54 Å². The minimum Gasteiger partial charge on any atom is -0.378 e. The number of benzene rings is 2. The molecule has 2 N–H and O–H groups in total. The molecule has 2 aromatic carbocycles. The van der Waals surface area contributed by atoms with Crippen molar-refractivity contribution in [1.82, 2.24) is 9.88 Å². The largest absolute Gasteiger partial charge is 0.378 e. The number of aromatic amines is 1. The van der Waals surface area contributed by atoms with Crippen molar-refractivity contribution in [2.24, 2.45) is 11.3 Å². The average molecular weight is 569 g/mol. The number of anilines is 2. The van der Waals surface area contributed by atoms with Gasteiger partial charge in [-0.2, -0.15) is 0 Å². The van der Waals surface area contributed by atoms with Crippen LogP contribution in [0.15, 0.2) is 48.5 Å². The van der Waals surface area contributed by atoms with Crippen LogP contribution in [0.2, 0.25) is 0 Å². The summed E-state index contributed by atoms with van der Waals surface area (Å²) in [5.41, 5.74) is 4.95. The van der Waals surface area contributed by atoms with E-state index in [0.29, 0.717) is 12.3 Å². The number of hydrogen-bond donors (Lipinski definition) is 2. The number of morpholine rings is 1. The number of ether oxygens (including phenoxy) is 1. The molecule has 7 heteroatoms. The normalized spacial score (nSPS) is 24.5. The lowest BCUT2D eigenvalue weighted by molar-refractivity contribution is -0.146. The molecule has 3 saturated carbocycles. The predicted octanol–water partition coefficient (Wildman–Crippen LogP) is 6.39. The number of rotatable bonds is 8. The summed E-state index contributed by atoms with van der Waals surface area (Å²) in [6, 6.07) is 16.8. The second kappa shape index (κ2) is 10.4. The van der Waals surface area contributed by atoms with E-state index in [1.165, 1.54) is 16.6 Å². The average Bonchev–Trinajstić information content (AvgIpc) is 3.78. The maximum Gasteiger partial charge on any atom is 0.250 e. The van der Waals surface area contributed by atoms with E-state index in [4.69, 9.17) is 4.74 Å². The number of hydrogen-bond acceptors (Lipinski definition) is 4. The van der Waals surface area contributed by atoms with Crippen LogP contribution in [-0.4, -0.2) is 59.6 Å². The Morgan fingerprint density at radius 3 is 2.40 bits per heavy atom. The van der Waals surface area contributed by atoms with Crippen LogP contribution in [0.5, 0.6) is 0 Å². The standard InChI is InChI=1S/C35H44N4O3/c1-23-31(27-8-4-5-9-29(27)36-23)32-28(34(32,2)3)22-30(40)39(26-14-15-26)35(16-6-7-17-35)33(41)37-24-10-12-25(13-11-24)38-18-20-42-21-19-38/h4-5,8-13,26,28,32,36H,6-7,14-22H2,1-3H3,(H,37,41). The Kier molecular flexibility index (Phi) is 6.84. The summed E-state index contributed by atoms with van der Waals surface area (Å²) in [6.45, 7) is 10.0. The Morgan fingerprint density at radius 1 is 1.02 bits per heavy atom. The third-order valence-corrected chi connectivity index (χ3v) is 10.7. The Bertz CT molecular complexity index is 1480. The number of fused-ring (bicyclic) bond motifs is 1. The molecule has 1 aliphatic heterocycles. The monoisotopic (exact) mass is 568 g/mol. The summed E-state index contributed by atoms with van der Waals surface area (Å²) in [4.78, 5) is 36.4. The topological polar surface area (TPSA) is 77.7 Å². The van der Waals surface area contributed by atoms with Crippen molar-refractivity contribution in [1.29, 1.82) is 0 Å². The smallest absolute Gasteiger partial charge is 0.250 e. The van der Waals surface area contributed by atoms with E-state index >= 15 is 0 Å². The van der Waals surface area contributed by atoms with Crippen molar-refractivity contribution >= 4 is 34.1 Å². The highest BCUT2D eigenvalue weighted by Gasteiger charge is 2.61. The van der Waals surface area contributed by atoms with Gasteiger partial charge in [0.25, 0.3) is 0 Å². The first-order valence-corrected chi connectivity index (χ1v) is 15.9. The minimum absolute atomic E-state index is 0.0153. The van der Waals surface area contributed by atoms with E-state index < -0.39 is 5.54 Å². The molecule has 1 saturated heterocycles. The van der Waals surface area contributed by atoms with Gasteiger partial charge in [0.2, 0.25) is 11.8 Å². The van der Waals surface area contributed by atoms with Gasteiger partial charge >= 0.3 is 0 Å². The zero-order valence-corrected chi connectivity index (χ0v) is 25.2. The number of carbonyl (C=O) groups excluding carboxylic acids is 2. The number of nitrogens with zero attached hydrogens (tertiary/aromatic N) is 2. The zero-order valence-electron chi connectivity index (χ0n) is 25.2. The van der Waals surface area contributed by atoms with Crippen molar-refractivity contribution in [2.45, 2.75) is 83.2 Å². The Labute approximate surface area is 249 Å². The summed E-state index contributed by atoms with van der Waals surface area (Å²) >= 11 is 0. The van der Waals surface area contributed by atoms with Crippen molar-refractivity contribution < 1.29 is 14.3 Å². The van der Waals surface area contributed by atoms with Gasteiger partial charge in [0, 0.05) is 53.5 Å². The van der Waals surface area contributed by atoms with Crippen molar-refractivity contribution in [3.05, 3.63) is 59.8 Å². The van der Waals surface area contributed by atoms with Crippen LogP contribution in [0.1, 0.15) is 76.0 Å². The molecule has 222 valence electrons. The highest BCUT2D eigenvalue weighted by atomic mass is 16.5. The summed E-state index contributed by atoms with van der Waals surface area (Å²) < 4.78 is 5.49. The van der Waals surface area contributed by atoms with Gasteiger partial charge < -0.3 is 24.8 Å². The Morgan fingerprint density at radius 2 is 1.71 bits per heavy atom. The van der Waals surface area contributed by atoms with E-state index in [1.54, 1.807) is 0 Å². The first kappa shape index (κ1) is 27.5. The lowest BCUT2D eigenvalue weighted by Crippen LogP contribution is -2.58. The first-order chi connectivity index (χ1) is 20.3.